The molecular formula is C21H17N3O. The topological polar surface area (TPSA) is 80.4 Å². The second kappa shape index (κ2) is 6.26. The molecule has 4 nitrogen and oxygen atoms in total. The zero-order valence-electron chi connectivity index (χ0n) is 14.1. The van der Waals surface area contributed by atoms with Gasteiger partial charge >= 0.3 is 0 Å². The van der Waals surface area contributed by atoms with Gasteiger partial charge in [-0.1, -0.05) is 24.3 Å². The molecule has 1 N–H and O–H groups in total. The number of fused-ring (bicyclic) bond motifs is 1. The first-order valence-electron chi connectivity index (χ1n) is 8.00. The highest BCUT2D eigenvalue weighted by atomic mass is 16.1. The summed E-state index contributed by atoms with van der Waals surface area (Å²) < 4.78 is 0. The van der Waals surface area contributed by atoms with Gasteiger partial charge in [0.2, 0.25) is 0 Å². The van der Waals surface area contributed by atoms with E-state index in [1.165, 1.54) is 0 Å². The molecule has 1 aromatic heterocycles. The Labute approximate surface area is 146 Å². The Morgan fingerprint density at radius 2 is 1.92 bits per heavy atom. The molecule has 0 radical (unpaired) electrons. The third-order valence-electron chi connectivity index (χ3n) is 4.53. The second-order valence-electron chi connectivity index (χ2n) is 6.52. The molecular weight excluding hydrogens is 310 g/mol. The van der Waals surface area contributed by atoms with E-state index in [0.717, 1.165) is 22.0 Å². The summed E-state index contributed by atoms with van der Waals surface area (Å²) >= 11 is 0. The van der Waals surface area contributed by atoms with Gasteiger partial charge in [-0.2, -0.15) is 10.5 Å². The molecule has 3 aromatic rings. The molecule has 1 atom stereocenters. The summed E-state index contributed by atoms with van der Waals surface area (Å²) in [6, 6.07) is 19.4. The van der Waals surface area contributed by atoms with Gasteiger partial charge in [-0.15, -0.1) is 0 Å². The van der Waals surface area contributed by atoms with Crippen LogP contribution >= 0.6 is 0 Å². The Morgan fingerprint density at radius 1 is 1.12 bits per heavy atom. The third-order valence-corrected chi connectivity index (χ3v) is 4.53. The molecule has 0 amide bonds. The smallest absolute Gasteiger partial charge is 0.251 e. The summed E-state index contributed by atoms with van der Waals surface area (Å²) in [6.07, 6.45) is 0.487. The molecule has 25 heavy (non-hydrogen) atoms. The fraction of sp³-hybridized carbons (Fsp3) is 0.190. The number of aromatic nitrogens is 1. The number of nitrogens with one attached hydrogen (secondary N) is 1. The lowest BCUT2D eigenvalue weighted by atomic mass is 9.78. The average Bonchev–Trinajstić information content (AvgIpc) is 2.62. The third kappa shape index (κ3) is 3.16. The van der Waals surface area contributed by atoms with Gasteiger partial charge in [0.25, 0.3) is 5.56 Å². The highest BCUT2D eigenvalue weighted by Crippen LogP contribution is 2.30. The zero-order valence-corrected chi connectivity index (χ0v) is 14.1. The first-order chi connectivity index (χ1) is 11.9. The Balaban J connectivity index is 2.06. The summed E-state index contributed by atoms with van der Waals surface area (Å²) in [5.74, 6) is 0. The van der Waals surface area contributed by atoms with Crippen molar-refractivity contribution in [3.63, 3.8) is 0 Å². The van der Waals surface area contributed by atoms with Crippen molar-refractivity contribution in [2.75, 3.05) is 0 Å². The summed E-state index contributed by atoms with van der Waals surface area (Å²) in [4.78, 5) is 14.7. The first kappa shape index (κ1) is 16.5. The lowest BCUT2D eigenvalue weighted by Gasteiger charge is -2.23. The number of nitrogens with zero attached hydrogens (tertiary/aromatic N) is 2. The molecule has 0 saturated heterocycles. The first-order valence-corrected chi connectivity index (χ1v) is 8.00. The van der Waals surface area contributed by atoms with Crippen molar-refractivity contribution in [1.29, 1.82) is 10.5 Å². The highest BCUT2D eigenvalue weighted by Gasteiger charge is 2.27. The number of hydrogen-bond donors (Lipinski definition) is 1. The van der Waals surface area contributed by atoms with E-state index < -0.39 is 5.41 Å². The number of aryl methyl sites for hydroxylation is 1. The van der Waals surface area contributed by atoms with Crippen molar-refractivity contribution in [2.45, 2.75) is 25.7 Å². The fourth-order valence-corrected chi connectivity index (χ4v) is 3.02. The lowest BCUT2D eigenvalue weighted by Crippen LogP contribution is -2.23. The molecule has 0 fully saturated rings. The molecule has 0 spiro atoms. The van der Waals surface area contributed by atoms with Crippen molar-refractivity contribution in [3.05, 3.63) is 81.1 Å². The van der Waals surface area contributed by atoms with Crippen LogP contribution in [0.4, 0.5) is 0 Å². The van der Waals surface area contributed by atoms with Crippen LogP contribution in [0.25, 0.3) is 10.9 Å². The van der Waals surface area contributed by atoms with Crippen LogP contribution in [-0.4, -0.2) is 4.98 Å². The van der Waals surface area contributed by atoms with Gasteiger partial charge in [0, 0.05) is 11.1 Å². The Kier molecular flexibility index (Phi) is 4.13. The van der Waals surface area contributed by atoms with Crippen LogP contribution in [0.15, 0.2) is 53.3 Å². The van der Waals surface area contributed by atoms with Crippen molar-refractivity contribution in [2.24, 2.45) is 0 Å². The fourth-order valence-electron chi connectivity index (χ4n) is 3.02. The quantitative estimate of drug-likeness (QED) is 0.796. The number of rotatable bonds is 3. The predicted molar refractivity (Wildman–Crippen MR) is 97.1 cm³/mol. The van der Waals surface area contributed by atoms with Crippen molar-refractivity contribution in [1.82, 2.24) is 4.98 Å². The van der Waals surface area contributed by atoms with E-state index in [1.807, 2.05) is 49.4 Å². The van der Waals surface area contributed by atoms with Crippen LogP contribution in [0, 0.1) is 29.6 Å². The van der Waals surface area contributed by atoms with E-state index in [9.17, 15) is 10.1 Å². The van der Waals surface area contributed by atoms with E-state index >= 15 is 0 Å². The number of H-pyrrole nitrogens is 1. The Hall–Kier alpha value is -3.37. The maximum absolute atomic E-state index is 11.9. The van der Waals surface area contributed by atoms with Crippen molar-refractivity contribution in [3.8, 4) is 12.1 Å². The SMILES string of the molecule is Cc1cc2ccc([C@](C)(C#N)Cc3cccc(C#N)c3)cc2[nH]c1=O. The van der Waals surface area contributed by atoms with Crippen LogP contribution in [0.3, 0.4) is 0 Å². The van der Waals surface area contributed by atoms with E-state index in [2.05, 4.69) is 17.1 Å². The molecule has 3 rings (SSSR count). The van der Waals surface area contributed by atoms with Gasteiger partial charge in [-0.05, 0) is 61.0 Å². The molecule has 0 saturated carbocycles. The van der Waals surface area contributed by atoms with E-state index in [4.69, 9.17) is 5.26 Å². The molecule has 0 aliphatic rings. The molecule has 0 unspecified atom stereocenters. The number of benzene rings is 2. The molecule has 0 aliphatic carbocycles. The van der Waals surface area contributed by atoms with Crippen LogP contribution in [0.5, 0.6) is 0 Å². The van der Waals surface area contributed by atoms with Crippen molar-refractivity contribution >= 4 is 10.9 Å². The van der Waals surface area contributed by atoms with E-state index in [-0.39, 0.29) is 5.56 Å². The molecule has 122 valence electrons. The van der Waals surface area contributed by atoms with Crippen LogP contribution in [0.2, 0.25) is 0 Å². The molecule has 1 heterocycles. The molecule has 0 bridgehead atoms. The van der Waals surface area contributed by atoms with Gasteiger partial charge in [-0.25, -0.2) is 0 Å². The number of pyridine rings is 1. The van der Waals surface area contributed by atoms with Crippen LogP contribution < -0.4 is 5.56 Å². The van der Waals surface area contributed by atoms with Gasteiger partial charge in [0.05, 0.1) is 23.1 Å². The normalized spacial score (nSPS) is 13.0. The van der Waals surface area contributed by atoms with Gasteiger partial charge in [0.1, 0.15) is 0 Å². The van der Waals surface area contributed by atoms with Gasteiger partial charge in [0.15, 0.2) is 0 Å². The lowest BCUT2D eigenvalue weighted by molar-refractivity contribution is 0.607. The summed E-state index contributed by atoms with van der Waals surface area (Å²) in [5.41, 5.74) is 2.85. The average molecular weight is 327 g/mol. The summed E-state index contributed by atoms with van der Waals surface area (Å²) in [5, 5.41) is 19.8. The minimum atomic E-state index is -0.760. The second-order valence-corrected chi connectivity index (χ2v) is 6.52. The highest BCUT2D eigenvalue weighted by molar-refractivity contribution is 5.80. The minimum absolute atomic E-state index is 0.120. The number of nitriles is 2. The summed E-state index contributed by atoms with van der Waals surface area (Å²) in [7, 11) is 0. The van der Waals surface area contributed by atoms with Gasteiger partial charge < -0.3 is 4.98 Å². The Morgan fingerprint density at radius 3 is 2.64 bits per heavy atom. The molecule has 0 aliphatic heterocycles. The minimum Gasteiger partial charge on any atom is -0.322 e. The molecule has 4 heteroatoms. The van der Waals surface area contributed by atoms with Crippen LogP contribution in [0.1, 0.15) is 29.2 Å². The van der Waals surface area contributed by atoms with Crippen molar-refractivity contribution < 1.29 is 0 Å². The van der Waals surface area contributed by atoms with E-state index in [1.54, 1.807) is 13.0 Å². The summed E-state index contributed by atoms with van der Waals surface area (Å²) in [6.45, 7) is 3.65. The molecule has 2 aromatic carbocycles. The standard InChI is InChI=1S/C21H17N3O/c1-14-8-17-6-7-18(10-19(17)24-20(14)25)21(2,13-23)11-15-4-3-5-16(9-15)12-22/h3-10H,11H2,1-2H3,(H,24,25)/t21-/m0/s1. The number of aromatic amines is 1. The van der Waals surface area contributed by atoms with Crippen LogP contribution in [-0.2, 0) is 11.8 Å². The predicted octanol–water partition coefficient (Wildman–Crippen LogP) is 3.73. The Bertz CT molecular complexity index is 1100. The number of hydrogen-bond acceptors (Lipinski definition) is 3. The maximum atomic E-state index is 11.9. The zero-order chi connectivity index (χ0) is 18.0. The largest absolute Gasteiger partial charge is 0.322 e. The van der Waals surface area contributed by atoms with Gasteiger partial charge in [-0.3, -0.25) is 4.79 Å². The maximum Gasteiger partial charge on any atom is 0.251 e. The monoisotopic (exact) mass is 327 g/mol. The van der Waals surface area contributed by atoms with E-state index in [0.29, 0.717) is 17.5 Å².